The van der Waals surface area contributed by atoms with E-state index in [2.05, 4.69) is 10.6 Å². The van der Waals surface area contributed by atoms with Crippen molar-refractivity contribution in [2.45, 2.75) is 18.3 Å². The number of halogens is 6. The molecular formula is C7H14Cl2F4N2. The van der Waals surface area contributed by atoms with E-state index in [1.807, 2.05) is 0 Å². The van der Waals surface area contributed by atoms with Gasteiger partial charge in [-0.05, 0) is 0 Å². The van der Waals surface area contributed by atoms with Gasteiger partial charge in [0.1, 0.15) is 12.3 Å². The van der Waals surface area contributed by atoms with Crippen molar-refractivity contribution in [1.29, 1.82) is 0 Å². The summed E-state index contributed by atoms with van der Waals surface area (Å²) in [5.41, 5.74) is 0. The summed E-state index contributed by atoms with van der Waals surface area (Å²) < 4.78 is 46.7. The highest BCUT2D eigenvalue weighted by Crippen LogP contribution is 2.16. The molecule has 2 saturated heterocycles. The number of rotatable bonds is 0. The summed E-state index contributed by atoms with van der Waals surface area (Å²) in [5.74, 6) is -2.39. The first-order valence-electron chi connectivity index (χ1n) is 4.09. The van der Waals surface area contributed by atoms with Crippen LogP contribution in [0.3, 0.4) is 0 Å². The smallest absolute Gasteiger partial charge is 0.272 e. The van der Waals surface area contributed by atoms with Gasteiger partial charge in [-0.3, -0.25) is 0 Å². The maximum absolute atomic E-state index is 11.9. The van der Waals surface area contributed by atoms with E-state index in [0.29, 0.717) is 0 Å². The standard InChI is InChI=1S/C4H7F2N.C3H5F2N.2ClH/c5-3-1-7-2-4(3)6;4-3(5)1-6-2-3;;/h3-4,7H,1-2H2;6H,1-2H2;2*1H/t3-,4+;;;. The van der Waals surface area contributed by atoms with E-state index in [-0.39, 0.29) is 51.0 Å². The summed E-state index contributed by atoms with van der Waals surface area (Å²) >= 11 is 0. The first kappa shape index (κ1) is 17.6. The molecule has 94 valence electrons. The highest BCUT2D eigenvalue weighted by atomic mass is 35.5. The zero-order chi connectivity index (χ0) is 9.90. The second-order valence-corrected chi connectivity index (χ2v) is 3.15. The molecule has 2 fully saturated rings. The van der Waals surface area contributed by atoms with E-state index in [1.165, 1.54) is 0 Å². The molecule has 15 heavy (non-hydrogen) atoms. The van der Waals surface area contributed by atoms with Crippen LogP contribution in [0.15, 0.2) is 0 Å². The lowest BCUT2D eigenvalue weighted by Gasteiger charge is -2.25. The lowest BCUT2D eigenvalue weighted by atomic mass is 10.2. The highest BCUT2D eigenvalue weighted by molar-refractivity contribution is 5.85. The zero-order valence-corrected chi connectivity index (χ0v) is 9.44. The fourth-order valence-corrected chi connectivity index (χ4v) is 0.929. The Kier molecular flexibility index (Phi) is 8.79. The summed E-state index contributed by atoms with van der Waals surface area (Å²) in [7, 11) is 0. The number of alkyl halides is 4. The molecule has 0 unspecified atom stereocenters. The predicted octanol–water partition coefficient (Wildman–Crippen LogP) is 1.33. The Labute approximate surface area is 98.0 Å². The van der Waals surface area contributed by atoms with Gasteiger partial charge in [-0.1, -0.05) is 0 Å². The van der Waals surface area contributed by atoms with Gasteiger partial charge in [0.05, 0.1) is 13.1 Å². The highest BCUT2D eigenvalue weighted by Gasteiger charge is 2.36. The Morgan fingerprint density at radius 3 is 1.27 bits per heavy atom. The molecule has 0 saturated carbocycles. The zero-order valence-electron chi connectivity index (χ0n) is 7.81. The fraction of sp³-hybridized carbons (Fsp3) is 1.00. The molecule has 0 amide bonds. The predicted molar refractivity (Wildman–Crippen MR) is 55.0 cm³/mol. The van der Waals surface area contributed by atoms with Crippen LogP contribution < -0.4 is 10.6 Å². The monoisotopic (exact) mass is 272 g/mol. The van der Waals surface area contributed by atoms with Crippen molar-refractivity contribution in [3.8, 4) is 0 Å². The van der Waals surface area contributed by atoms with Crippen molar-refractivity contribution < 1.29 is 17.6 Å². The topological polar surface area (TPSA) is 24.1 Å². The average molecular weight is 273 g/mol. The lowest BCUT2D eigenvalue weighted by molar-refractivity contribution is -0.0475. The summed E-state index contributed by atoms with van der Waals surface area (Å²) in [4.78, 5) is 0. The third kappa shape index (κ3) is 6.40. The van der Waals surface area contributed by atoms with Gasteiger partial charge >= 0.3 is 0 Å². The molecule has 8 heteroatoms. The largest absolute Gasteiger partial charge is 0.311 e. The normalized spacial score (nSPS) is 31.2. The fourth-order valence-electron chi connectivity index (χ4n) is 0.929. The van der Waals surface area contributed by atoms with Crippen molar-refractivity contribution in [2.24, 2.45) is 0 Å². The minimum atomic E-state index is -2.39. The quantitative estimate of drug-likeness (QED) is 0.651. The third-order valence-electron chi connectivity index (χ3n) is 1.84. The van der Waals surface area contributed by atoms with Gasteiger partial charge in [0.2, 0.25) is 0 Å². The first-order valence-corrected chi connectivity index (χ1v) is 4.09. The number of nitrogens with one attached hydrogen (secondary N) is 2. The average Bonchev–Trinajstić information content (AvgIpc) is 2.35. The van der Waals surface area contributed by atoms with E-state index in [1.54, 1.807) is 0 Å². The molecule has 2 atom stereocenters. The summed E-state index contributed by atoms with van der Waals surface area (Å²) in [5, 5.41) is 5.02. The molecule has 2 aliphatic heterocycles. The van der Waals surface area contributed by atoms with Gasteiger partial charge in [-0.2, -0.15) is 0 Å². The van der Waals surface area contributed by atoms with E-state index >= 15 is 0 Å². The van der Waals surface area contributed by atoms with E-state index in [0.717, 1.165) is 0 Å². The maximum atomic E-state index is 11.9. The minimum absolute atomic E-state index is 0. The number of hydrogen-bond donors (Lipinski definition) is 2. The Hall–Kier alpha value is 0.220. The molecule has 0 aliphatic carbocycles. The van der Waals surface area contributed by atoms with E-state index < -0.39 is 18.3 Å². The summed E-state index contributed by atoms with van der Waals surface area (Å²) in [6.45, 7) is 0.0995. The minimum Gasteiger partial charge on any atom is -0.311 e. The van der Waals surface area contributed by atoms with Crippen molar-refractivity contribution in [3.63, 3.8) is 0 Å². The van der Waals surface area contributed by atoms with Crippen LogP contribution in [0.25, 0.3) is 0 Å². The van der Waals surface area contributed by atoms with Crippen molar-refractivity contribution in [1.82, 2.24) is 10.6 Å². The lowest BCUT2D eigenvalue weighted by Crippen LogP contribution is -2.52. The molecule has 0 radical (unpaired) electrons. The maximum Gasteiger partial charge on any atom is 0.272 e. The van der Waals surface area contributed by atoms with Gasteiger partial charge in [0.15, 0.2) is 0 Å². The van der Waals surface area contributed by atoms with Crippen LogP contribution in [0.5, 0.6) is 0 Å². The molecule has 2 nitrogen and oxygen atoms in total. The summed E-state index contributed by atoms with van der Waals surface area (Å²) in [6.07, 6.45) is -2.53. The van der Waals surface area contributed by atoms with Crippen LogP contribution in [0.2, 0.25) is 0 Å². The molecule has 2 rings (SSSR count). The molecule has 0 aromatic rings. The second-order valence-electron chi connectivity index (χ2n) is 3.15. The van der Waals surface area contributed by atoms with Crippen LogP contribution in [0.1, 0.15) is 0 Å². The second kappa shape index (κ2) is 7.49. The van der Waals surface area contributed by atoms with Crippen molar-refractivity contribution >= 4 is 24.8 Å². The molecule has 0 aromatic carbocycles. The van der Waals surface area contributed by atoms with Crippen LogP contribution in [0, 0.1) is 0 Å². The van der Waals surface area contributed by atoms with Crippen LogP contribution in [-0.2, 0) is 0 Å². The third-order valence-corrected chi connectivity index (χ3v) is 1.84. The summed E-state index contributed by atoms with van der Waals surface area (Å²) in [6, 6.07) is 0. The number of hydrogen-bond acceptors (Lipinski definition) is 2. The molecule has 0 aromatic heterocycles. The molecule has 2 N–H and O–H groups in total. The molecule has 2 aliphatic rings. The molecule has 2 heterocycles. The van der Waals surface area contributed by atoms with Crippen LogP contribution in [-0.4, -0.2) is 44.4 Å². The van der Waals surface area contributed by atoms with Gasteiger partial charge in [-0.15, -0.1) is 24.8 Å². The SMILES string of the molecule is Cl.Cl.FC1(F)CNC1.F[C@@H]1CNC[C@@H]1F. The van der Waals surface area contributed by atoms with Crippen molar-refractivity contribution in [2.75, 3.05) is 26.2 Å². The van der Waals surface area contributed by atoms with Gasteiger partial charge in [0, 0.05) is 13.1 Å². The Morgan fingerprint density at radius 1 is 0.867 bits per heavy atom. The van der Waals surface area contributed by atoms with Gasteiger partial charge in [-0.25, -0.2) is 17.6 Å². The van der Waals surface area contributed by atoms with Gasteiger partial charge in [0.25, 0.3) is 5.92 Å². The Bertz CT molecular complexity index is 159. The van der Waals surface area contributed by atoms with Crippen molar-refractivity contribution in [3.05, 3.63) is 0 Å². The molecule has 0 spiro atoms. The van der Waals surface area contributed by atoms with Crippen LogP contribution in [0.4, 0.5) is 17.6 Å². The van der Waals surface area contributed by atoms with Crippen LogP contribution >= 0.6 is 24.8 Å². The Morgan fingerprint density at radius 2 is 1.20 bits per heavy atom. The van der Waals surface area contributed by atoms with Gasteiger partial charge < -0.3 is 10.6 Å². The molecule has 0 bridgehead atoms. The van der Waals surface area contributed by atoms with E-state index in [4.69, 9.17) is 0 Å². The molecular weight excluding hydrogens is 259 g/mol. The van der Waals surface area contributed by atoms with E-state index in [9.17, 15) is 17.6 Å². The first-order chi connectivity index (χ1) is 6.01. The Balaban J connectivity index is 0.